The van der Waals surface area contributed by atoms with E-state index in [9.17, 15) is 0 Å². The third-order valence-electron chi connectivity index (χ3n) is 5.55. The molecule has 4 rings (SSSR count). The van der Waals surface area contributed by atoms with Crippen LogP contribution < -0.4 is 4.57 Å². The van der Waals surface area contributed by atoms with Gasteiger partial charge in [0.15, 0.2) is 12.4 Å². The van der Waals surface area contributed by atoms with E-state index in [-0.39, 0.29) is 0 Å². The molecule has 29 heavy (non-hydrogen) atoms. The van der Waals surface area contributed by atoms with Crippen LogP contribution in [-0.4, -0.2) is 4.98 Å². The van der Waals surface area contributed by atoms with Crippen LogP contribution in [-0.2, 0) is 6.54 Å². The number of hydrogen-bond donors (Lipinski definition) is 1. The van der Waals surface area contributed by atoms with Crippen LogP contribution in [0.3, 0.4) is 0 Å². The molecule has 2 aromatic carbocycles. The van der Waals surface area contributed by atoms with Crippen molar-refractivity contribution in [1.29, 1.82) is 0 Å². The fourth-order valence-corrected chi connectivity index (χ4v) is 4.11. The first-order chi connectivity index (χ1) is 14.2. The van der Waals surface area contributed by atoms with Crippen LogP contribution in [0.4, 0.5) is 0 Å². The summed E-state index contributed by atoms with van der Waals surface area (Å²) in [5.74, 6) is 0. The Morgan fingerprint density at radius 1 is 0.793 bits per heavy atom. The zero-order valence-corrected chi connectivity index (χ0v) is 19.5. The molecule has 0 saturated carbocycles. The first kappa shape index (κ1) is 22.9. The maximum atomic E-state index is 3.64. The van der Waals surface area contributed by atoms with Gasteiger partial charge in [-0.15, -0.1) is 0 Å². The van der Waals surface area contributed by atoms with Crippen LogP contribution in [0.15, 0.2) is 42.7 Å². The standard InChI is InChI=1S/C23H26N2.2C2H6/c1-4-5-6-9-13-25-14-12-18-17(3)23-22(16(2)20(18)15-25)19-10-7-8-11-21(19)24-23;2*1-2/h7-8,10-12,14-15H,4-6,9,13H2,1-3H3;2*1-2H3/p+1. The highest BCUT2D eigenvalue weighted by molar-refractivity contribution is 6.16. The topological polar surface area (TPSA) is 19.7 Å². The second kappa shape index (κ2) is 11.0. The molecule has 2 heteroatoms. The average Bonchev–Trinajstić information content (AvgIpc) is 3.18. The van der Waals surface area contributed by atoms with Crippen LogP contribution in [0.5, 0.6) is 0 Å². The van der Waals surface area contributed by atoms with Crippen molar-refractivity contribution in [2.45, 2.75) is 80.7 Å². The molecule has 4 aromatic rings. The van der Waals surface area contributed by atoms with Crippen LogP contribution in [0.1, 0.15) is 71.4 Å². The van der Waals surface area contributed by atoms with Crippen molar-refractivity contribution in [1.82, 2.24) is 4.98 Å². The fourth-order valence-electron chi connectivity index (χ4n) is 4.11. The van der Waals surface area contributed by atoms with E-state index in [1.54, 1.807) is 0 Å². The second-order valence-electron chi connectivity index (χ2n) is 7.24. The van der Waals surface area contributed by atoms with Crippen molar-refractivity contribution in [3.8, 4) is 0 Å². The first-order valence-corrected chi connectivity index (χ1v) is 11.5. The minimum absolute atomic E-state index is 1.11. The minimum Gasteiger partial charge on any atom is -0.354 e. The summed E-state index contributed by atoms with van der Waals surface area (Å²) in [6, 6.07) is 10.9. The summed E-state index contributed by atoms with van der Waals surface area (Å²) in [4.78, 5) is 3.64. The van der Waals surface area contributed by atoms with Gasteiger partial charge in [0.05, 0.1) is 5.52 Å². The van der Waals surface area contributed by atoms with Crippen molar-refractivity contribution in [2.24, 2.45) is 0 Å². The Hall–Kier alpha value is -2.35. The van der Waals surface area contributed by atoms with E-state index in [4.69, 9.17) is 0 Å². The highest BCUT2D eigenvalue weighted by Gasteiger charge is 2.16. The molecule has 2 aromatic heterocycles. The molecule has 0 aliphatic carbocycles. The Labute approximate surface area is 177 Å². The molecule has 1 N–H and O–H groups in total. The third kappa shape index (κ3) is 4.63. The summed E-state index contributed by atoms with van der Waals surface area (Å²) in [6.07, 6.45) is 9.81. The smallest absolute Gasteiger partial charge is 0.176 e. The van der Waals surface area contributed by atoms with Gasteiger partial charge in [0.1, 0.15) is 6.54 Å². The lowest BCUT2D eigenvalue weighted by Gasteiger charge is -2.08. The molecule has 0 unspecified atom stereocenters. The summed E-state index contributed by atoms with van der Waals surface area (Å²) >= 11 is 0. The van der Waals surface area contributed by atoms with Gasteiger partial charge in [-0.05, 0) is 42.8 Å². The number of unbranched alkanes of at least 4 members (excludes halogenated alkanes) is 3. The fraction of sp³-hybridized carbons (Fsp3) is 0.444. The van der Waals surface area contributed by atoms with E-state index < -0.39 is 0 Å². The van der Waals surface area contributed by atoms with Gasteiger partial charge in [0.25, 0.3) is 0 Å². The Bertz CT molecular complexity index is 1060. The van der Waals surface area contributed by atoms with E-state index in [2.05, 4.69) is 73.0 Å². The largest absolute Gasteiger partial charge is 0.354 e. The summed E-state index contributed by atoms with van der Waals surface area (Å²) in [5.41, 5.74) is 5.25. The third-order valence-corrected chi connectivity index (χ3v) is 5.55. The van der Waals surface area contributed by atoms with Gasteiger partial charge in [0, 0.05) is 34.2 Å². The average molecular weight is 392 g/mol. The van der Waals surface area contributed by atoms with Crippen LogP contribution in [0.2, 0.25) is 0 Å². The number of H-pyrrole nitrogens is 1. The number of rotatable bonds is 5. The van der Waals surface area contributed by atoms with Crippen molar-refractivity contribution in [2.75, 3.05) is 0 Å². The molecule has 0 fully saturated rings. The maximum absolute atomic E-state index is 3.64. The number of aromatic amines is 1. The number of pyridine rings is 1. The van der Waals surface area contributed by atoms with Gasteiger partial charge in [-0.2, -0.15) is 0 Å². The monoisotopic (exact) mass is 391 g/mol. The van der Waals surface area contributed by atoms with Gasteiger partial charge in [-0.1, -0.05) is 65.7 Å². The number of para-hydroxylation sites is 1. The molecule has 2 heterocycles. The summed E-state index contributed by atoms with van der Waals surface area (Å²) < 4.78 is 2.37. The number of aromatic nitrogens is 2. The first-order valence-electron chi connectivity index (χ1n) is 11.5. The predicted molar refractivity (Wildman–Crippen MR) is 130 cm³/mol. The molecule has 0 radical (unpaired) electrons. The summed E-state index contributed by atoms with van der Waals surface area (Å²) in [5, 5.41) is 5.46. The van der Waals surface area contributed by atoms with Gasteiger partial charge in [-0.25, -0.2) is 4.57 Å². The van der Waals surface area contributed by atoms with Gasteiger partial charge < -0.3 is 4.98 Å². The van der Waals surface area contributed by atoms with Crippen molar-refractivity contribution >= 4 is 32.6 Å². The number of fused-ring (bicyclic) bond motifs is 4. The number of nitrogens with zero attached hydrogens (tertiary/aromatic N) is 1. The highest BCUT2D eigenvalue weighted by atomic mass is 14.9. The molecule has 2 nitrogen and oxygen atoms in total. The van der Waals surface area contributed by atoms with Gasteiger partial charge in [0.2, 0.25) is 0 Å². The van der Waals surface area contributed by atoms with E-state index in [1.807, 2.05) is 27.7 Å². The van der Waals surface area contributed by atoms with E-state index in [0.717, 1.165) is 6.54 Å². The molecular weight excluding hydrogens is 352 g/mol. The van der Waals surface area contributed by atoms with E-state index in [0.29, 0.717) is 0 Å². The summed E-state index contributed by atoms with van der Waals surface area (Å²) in [7, 11) is 0. The SMILES string of the molecule is CC.CC.CCCCCC[n+]1ccc2c(C)c3[nH]c4ccccc4c3c(C)c2c1. The molecule has 0 bridgehead atoms. The molecular formula is C27H39N2+. The predicted octanol–water partition coefficient (Wildman–Crippen LogP) is 8.01. The number of hydrogen-bond acceptors (Lipinski definition) is 0. The minimum atomic E-state index is 1.11. The molecule has 0 aliphatic rings. The van der Waals surface area contributed by atoms with Crippen molar-refractivity contribution in [3.63, 3.8) is 0 Å². The Morgan fingerprint density at radius 3 is 2.24 bits per heavy atom. The summed E-state index contributed by atoms with van der Waals surface area (Å²) in [6.45, 7) is 15.9. The van der Waals surface area contributed by atoms with Crippen LogP contribution >= 0.6 is 0 Å². The Kier molecular flexibility index (Phi) is 8.70. The van der Waals surface area contributed by atoms with Crippen molar-refractivity contribution in [3.05, 3.63) is 53.9 Å². The molecule has 0 saturated heterocycles. The Morgan fingerprint density at radius 2 is 1.52 bits per heavy atom. The van der Waals surface area contributed by atoms with Crippen LogP contribution in [0, 0.1) is 13.8 Å². The molecule has 156 valence electrons. The number of benzene rings is 2. The van der Waals surface area contributed by atoms with Crippen LogP contribution in [0.25, 0.3) is 32.6 Å². The molecule has 0 aliphatic heterocycles. The number of nitrogens with one attached hydrogen (secondary N) is 1. The molecule has 0 atom stereocenters. The normalized spacial score (nSPS) is 10.6. The van der Waals surface area contributed by atoms with E-state index >= 15 is 0 Å². The lowest BCUT2D eigenvalue weighted by molar-refractivity contribution is -0.696. The second-order valence-corrected chi connectivity index (χ2v) is 7.24. The zero-order chi connectivity index (χ0) is 21.4. The maximum Gasteiger partial charge on any atom is 0.176 e. The number of aryl methyl sites for hydroxylation is 3. The highest BCUT2D eigenvalue weighted by Crippen LogP contribution is 2.35. The molecule has 0 spiro atoms. The lowest BCUT2D eigenvalue weighted by atomic mass is 9.97. The van der Waals surface area contributed by atoms with Crippen molar-refractivity contribution < 1.29 is 4.57 Å². The van der Waals surface area contributed by atoms with E-state index in [1.165, 1.54) is 69.4 Å². The lowest BCUT2D eigenvalue weighted by Crippen LogP contribution is -2.32. The Balaban J connectivity index is 0.000000707. The zero-order valence-electron chi connectivity index (χ0n) is 19.5. The molecule has 0 amide bonds. The quantitative estimate of drug-likeness (QED) is 0.262. The van der Waals surface area contributed by atoms with Gasteiger partial charge in [-0.3, -0.25) is 0 Å². The van der Waals surface area contributed by atoms with Gasteiger partial charge >= 0.3 is 0 Å².